The second-order valence-corrected chi connectivity index (χ2v) is 4.67. The summed E-state index contributed by atoms with van der Waals surface area (Å²) in [5.41, 5.74) is -1.46. The van der Waals surface area contributed by atoms with Crippen LogP contribution in [0.25, 0.3) is 0 Å². The summed E-state index contributed by atoms with van der Waals surface area (Å²) < 4.78 is 4.39. The van der Waals surface area contributed by atoms with Gasteiger partial charge in [0, 0.05) is 6.07 Å². The predicted molar refractivity (Wildman–Crippen MR) is 67.7 cm³/mol. The normalized spacial score (nSPS) is 13.6. The molecule has 1 aromatic rings. The zero-order valence-electron chi connectivity index (χ0n) is 10.7. The molecule has 2 atom stereocenters. The molecule has 0 aromatic heterocycles. The number of quaternary nitrogens is 2. The first-order valence-corrected chi connectivity index (χ1v) is 6.34. The van der Waals surface area contributed by atoms with Gasteiger partial charge in [-0.3, -0.25) is 4.79 Å². The number of hydrogen-bond donors (Lipinski definition) is 5. The Hall–Kier alpha value is -1.73. The molecular formula is C10H12N2O8S. The van der Waals surface area contributed by atoms with Gasteiger partial charge in [-0.15, -0.1) is 11.8 Å². The first-order valence-electron chi connectivity index (χ1n) is 5.35. The second-order valence-electron chi connectivity index (χ2n) is 3.68. The fourth-order valence-electron chi connectivity index (χ4n) is 1.42. The van der Waals surface area contributed by atoms with Crippen molar-refractivity contribution < 1.29 is 40.3 Å². The maximum Gasteiger partial charge on any atom is 0.337 e. The van der Waals surface area contributed by atoms with Crippen LogP contribution in [0.15, 0.2) is 17.0 Å². The maximum absolute atomic E-state index is 11.2. The van der Waals surface area contributed by atoms with Crippen molar-refractivity contribution in [3.8, 4) is 0 Å². The van der Waals surface area contributed by atoms with Gasteiger partial charge in [0.25, 0.3) is 0 Å². The summed E-state index contributed by atoms with van der Waals surface area (Å²) in [7, 11) is 1.13. The van der Waals surface area contributed by atoms with Crippen LogP contribution in [0.1, 0.15) is 10.4 Å². The molecule has 0 bridgehead atoms. The first kappa shape index (κ1) is 17.3. The van der Waals surface area contributed by atoms with Gasteiger partial charge in [0.2, 0.25) is 0 Å². The molecule has 0 saturated heterocycles. The van der Waals surface area contributed by atoms with E-state index in [1.54, 1.807) is 0 Å². The van der Waals surface area contributed by atoms with Crippen molar-refractivity contribution in [2.75, 3.05) is 12.9 Å². The van der Waals surface area contributed by atoms with Crippen molar-refractivity contribution in [1.82, 2.24) is 0 Å². The molecule has 11 heteroatoms. The number of thioether (sulfide) groups is 1. The summed E-state index contributed by atoms with van der Waals surface area (Å²) >= 11 is 0.654. The summed E-state index contributed by atoms with van der Waals surface area (Å²) in [5, 5.41) is 46.2. The van der Waals surface area contributed by atoms with E-state index in [0.29, 0.717) is 11.8 Å². The Morgan fingerprint density at radius 2 is 1.90 bits per heavy atom. The third-order valence-electron chi connectivity index (χ3n) is 2.36. The first-order chi connectivity index (χ1) is 9.77. The number of nitrogens with one attached hydrogen (secondary N) is 2. The fourth-order valence-corrected chi connectivity index (χ4v) is 2.40. The number of benzene rings is 1. The third-order valence-corrected chi connectivity index (χ3v) is 3.47. The van der Waals surface area contributed by atoms with Crippen LogP contribution in [0.3, 0.4) is 0 Å². The van der Waals surface area contributed by atoms with Crippen molar-refractivity contribution in [3.63, 3.8) is 0 Å². The Labute approximate surface area is 122 Å². The quantitative estimate of drug-likeness (QED) is 0.238. The molecule has 0 heterocycles. The smallest absolute Gasteiger partial charge is 0.337 e. The molecule has 2 unspecified atom stereocenters. The van der Waals surface area contributed by atoms with E-state index in [9.17, 15) is 20.0 Å². The fraction of sp³-hybridized carbons (Fsp3) is 0.200. The van der Waals surface area contributed by atoms with Crippen LogP contribution >= 0.6 is 11.8 Å². The largest absolute Gasteiger partial charge is 0.595 e. The van der Waals surface area contributed by atoms with Gasteiger partial charge in [-0.05, 0) is 0 Å². The van der Waals surface area contributed by atoms with Crippen LogP contribution in [0.5, 0.6) is 0 Å². The summed E-state index contributed by atoms with van der Waals surface area (Å²) in [5.74, 6) is -2.47. The molecule has 5 N–H and O–H groups in total. The van der Waals surface area contributed by atoms with Crippen molar-refractivity contribution >= 4 is 35.1 Å². The Morgan fingerprint density at radius 1 is 1.29 bits per heavy atom. The number of ether oxygens (including phenoxy) is 1. The molecule has 0 amide bonds. The van der Waals surface area contributed by atoms with E-state index in [0.717, 1.165) is 19.2 Å². The number of carboxylic acid groups (broad SMARTS) is 1. The molecule has 1 rings (SSSR count). The minimum absolute atomic E-state index is 0.203. The predicted octanol–water partition coefficient (Wildman–Crippen LogP) is -1.54. The van der Waals surface area contributed by atoms with E-state index in [1.807, 2.05) is 0 Å². The molecule has 0 spiro atoms. The number of aromatic carboxylic acids is 1. The molecular weight excluding hydrogens is 308 g/mol. The number of hydrogen-bond acceptors (Lipinski definition) is 8. The number of methoxy groups -OCH3 is 1. The lowest BCUT2D eigenvalue weighted by atomic mass is 10.1. The van der Waals surface area contributed by atoms with Crippen LogP contribution < -0.4 is 10.5 Å². The zero-order chi connectivity index (χ0) is 16.2. The zero-order valence-corrected chi connectivity index (χ0v) is 11.5. The van der Waals surface area contributed by atoms with E-state index < -0.39 is 39.3 Å². The van der Waals surface area contributed by atoms with Gasteiger partial charge < -0.3 is 20.3 Å². The second kappa shape index (κ2) is 7.33. The molecule has 1 aromatic carbocycles. The highest BCUT2D eigenvalue weighted by Crippen LogP contribution is 2.31. The lowest BCUT2D eigenvalue weighted by molar-refractivity contribution is -0.997. The van der Waals surface area contributed by atoms with Crippen LogP contribution in [-0.2, 0) is 9.53 Å². The Bertz CT molecular complexity index is 548. The molecule has 0 aliphatic heterocycles. The van der Waals surface area contributed by atoms with Crippen molar-refractivity contribution in [1.29, 1.82) is 0 Å². The maximum atomic E-state index is 11.2. The molecule has 116 valence electrons. The number of rotatable bonds is 6. The number of carbonyl (C=O) groups is 2. The number of esters is 1. The van der Waals surface area contributed by atoms with Gasteiger partial charge in [0.15, 0.2) is 11.4 Å². The van der Waals surface area contributed by atoms with Gasteiger partial charge in [-0.25, -0.2) is 15.2 Å². The minimum atomic E-state index is -1.49. The van der Waals surface area contributed by atoms with Crippen molar-refractivity contribution in [2.24, 2.45) is 0 Å². The summed E-state index contributed by atoms with van der Waals surface area (Å²) in [4.78, 5) is 22.1. The van der Waals surface area contributed by atoms with E-state index >= 15 is 0 Å². The number of carboxylic acids is 1. The Morgan fingerprint density at radius 3 is 2.33 bits per heavy atom. The molecule has 21 heavy (non-hydrogen) atoms. The topological polar surface area (TPSA) is 159 Å². The highest BCUT2D eigenvalue weighted by molar-refractivity contribution is 8.00. The third kappa shape index (κ3) is 4.37. The SMILES string of the molecule is COC(=O)CSc1c(C(=O)O)cc([NH+]([O-])O)cc1[NH+]([O-])O. The molecule has 0 aliphatic carbocycles. The van der Waals surface area contributed by atoms with E-state index in [2.05, 4.69) is 4.74 Å². The highest BCUT2D eigenvalue weighted by atomic mass is 32.2. The van der Waals surface area contributed by atoms with Crippen LogP contribution in [0.4, 0.5) is 11.4 Å². The van der Waals surface area contributed by atoms with Crippen LogP contribution in [0.2, 0.25) is 0 Å². The monoisotopic (exact) mass is 320 g/mol. The van der Waals surface area contributed by atoms with Crippen molar-refractivity contribution in [2.45, 2.75) is 4.90 Å². The van der Waals surface area contributed by atoms with Gasteiger partial charge in [0.05, 0.1) is 29.4 Å². The average molecular weight is 320 g/mol. The molecule has 0 aliphatic rings. The molecule has 0 radical (unpaired) electrons. The van der Waals surface area contributed by atoms with Gasteiger partial charge in [-0.1, -0.05) is 0 Å². The van der Waals surface area contributed by atoms with E-state index in [4.69, 9.17) is 15.5 Å². The highest BCUT2D eigenvalue weighted by Gasteiger charge is 2.24. The summed E-state index contributed by atoms with van der Waals surface area (Å²) in [6.07, 6.45) is 0. The van der Waals surface area contributed by atoms with E-state index in [-0.39, 0.29) is 10.6 Å². The standard InChI is InChI=1S/C10H12N2O8S/c1-20-8(13)4-21-9-6(10(14)15)2-5(11(16)17)3-7(9)12(18)19/h2-3,11-12,16,18H,4H2,1H3,(H,14,15). The minimum Gasteiger partial charge on any atom is -0.595 e. The van der Waals surface area contributed by atoms with E-state index in [1.165, 1.54) is 0 Å². The summed E-state index contributed by atoms with van der Waals surface area (Å²) in [6, 6.07) is 1.69. The summed E-state index contributed by atoms with van der Waals surface area (Å²) in [6.45, 7) is 0. The number of carbonyl (C=O) groups excluding carboxylic acids is 1. The lowest BCUT2D eigenvalue weighted by Crippen LogP contribution is -3.01. The lowest BCUT2D eigenvalue weighted by Gasteiger charge is -2.19. The molecule has 0 saturated carbocycles. The Balaban J connectivity index is 3.35. The van der Waals surface area contributed by atoms with Gasteiger partial charge >= 0.3 is 11.9 Å². The average Bonchev–Trinajstić information content (AvgIpc) is 2.43. The van der Waals surface area contributed by atoms with Gasteiger partial charge in [0.1, 0.15) is 0 Å². The van der Waals surface area contributed by atoms with Crippen LogP contribution in [0, 0.1) is 10.4 Å². The van der Waals surface area contributed by atoms with Crippen LogP contribution in [-0.4, -0.2) is 40.3 Å². The molecule has 10 nitrogen and oxygen atoms in total. The van der Waals surface area contributed by atoms with Gasteiger partial charge in [-0.2, -0.15) is 10.5 Å². The Kier molecular flexibility index (Phi) is 6.04. The van der Waals surface area contributed by atoms with Crippen molar-refractivity contribution in [3.05, 3.63) is 28.1 Å². The molecule has 0 fully saturated rings.